The predicted octanol–water partition coefficient (Wildman–Crippen LogP) is 3.98. The first-order valence-electron chi connectivity index (χ1n) is 8.55. The van der Waals surface area contributed by atoms with Crippen LogP contribution >= 0.6 is 0 Å². The van der Waals surface area contributed by atoms with Crippen molar-refractivity contribution in [3.05, 3.63) is 54.1 Å². The Labute approximate surface area is 155 Å². The number of para-hydroxylation sites is 1. The lowest BCUT2D eigenvalue weighted by Crippen LogP contribution is -2.24. The van der Waals surface area contributed by atoms with Gasteiger partial charge < -0.3 is 15.0 Å². The van der Waals surface area contributed by atoms with E-state index in [2.05, 4.69) is 26.1 Å². The van der Waals surface area contributed by atoms with Gasteiger partial charge in [-0.3, -0.25) is 9.59 Å². The molecule has 0 heterocycles. The summed E-state index contributed by atoms with van der Waals surface area (Å²) in [4.78, 5) is 25.2. The summed E-state index contributed by atoms with van der Waals surface area (Å²) in [6.45, 7) is 7.72. The van der Waals surface area contributed by atoms with Crippen LogP contribution in [-0.4, -0.2) is 25.5 Å². The van der Waals surface area contributed by atoms with Gasteiger partial charge in [0.1, 0.15) is 5.75 Å². The number of carbonyl (C=O) groups is 2. The molecular formula is C21H26N2O3. The Balaban J connectivity index is 2.03. The van der Waals surface area contributed by atoms with Gasteiger partial charge >= 0.3 is 0 Å². The number of rotatable bonds is 5. The highest BCUT2D eigenvalue weighted by Gasteiger charge is 2.19. The summed E-state index contributed by atoms with van der Waals surface area (Å²) in [5, 5.41) is 2.80. The van der Waals surface area contributed by atoms with Gasteiger partial charge in [0.05, 0.1) is 0 Å². The minimum Gasteiger partial charge on any atom is -0.483 e. The number of nitrogens with zero attached hydrogens (tertiary/aromatic N) is 1. The van der Waals surface area contributed by atoms with Crippen molar-refractivity contribution in [1.82, 2.24) is 0 Å². The molecule has 5 nitrogen and oxygen atoms in total. The molecule has 2 amide bonds. The van der Waals surface area contributed by atoms with Crippen molar-refractivity contribution >= 4 is 23.2 Å². The Morgan fingerprint density at radius 3 is 2.42 bits per heavy atom. The normalized spacial score (nSPS) is 11.0. The summed E-state index contributed by atoms with van der Waals surface area (Å²) in [7, 11) is 1.69. The van der Waals surface area contributed by atoms with Gasteiger partial charge in [-0.25, -0.2) is 0 Å². The van der Waals surface area contributed by atoms with Gasteiger partial charge in [0.15, 0.2) is 6.61 Å². The van der Waals surface area contributed by atoms with Crippen molar-refractivity contribution in [2.45, 2.75) is 33.1 Å². The fourth-order valence-corrected chi connectivity index (χ4v) is 2.53. The van der Waals surface area contributed by atoms with Gasteiger partial charge in [0.2, 0.25) is 5.91 Å². The Morgan fingerprint density at radius 2 is 1.77 bits per heavy atom. The number of benzene rings is 2. The monoisotopic (exact) mass is 354 g/mol. The van der Waals surface area contributed by atoms with Gasteiger partial charge in [-0.1, -0.05) is 45.0 Å². The van der Waals surface area contributed by atoms with Crippen LogP contribution in [0.15, 0.2) is 48.5 Å². The van der Waals surface area contributed by atoms with Crippen LogP contribution in [0.4, 0.5) is 11.4 Å². The highest BCUT2D eigenvalue weighted by atomic mass is 16.5. The first kappa shape index (κ1) is 19.5. The summed E-state index contributed by atoms with van der Waals surface area (Å²) in [6, 6.07) is 14.9. The Bertz CT molecular complexity index is 794. The Morgan fingerprint density at radius 1 is 1.08 bits per heavy atom. The molecule has 5 heteroatoms. The Kier molecular flexibility index (Phi) is 6.03. The molecule has 0 atom stereocenters. The summed E-state index contributed by atoms with van der Waals surface area (Å²) in [5.41, 5.74) is 2.32. The van der Waals surface area contributed by atoms with Gasteiger partial charge in [-0.05, 0) is 35.2 Å². The van der Waals surface area contributed by atoms with Gasteiger partial charge in [0, 0.05) is 25.3 Å². The van der Waals surface area contributed by atoms with E-state index in [0.717, 1.165) is 5.56 Å². The lowest BCUT2D eigenvalue weighted by atomic mass is 9.86. The van der Waals surface area contributed by atoms with Crippen molar-refractivity contribution in [1.29, 1.82) is 0 Å². The molecule has 0 radical (unpaired) electrons. The molecular weight excluding hydrogens is 328 g/mol. The summed E-state index contributed by atoms with van der Waals surface area (Å²) in [5.74, 6) is 0.382. The second-order valence-electron chi connectivity index (χ2n) is 7.21. The molecule has 0 bridgehead atoms. The smallest absolute Gasteiger partial charge is 0.262 e. The number of anilines is 2. The zero-order chi connectivity index (χ0) is 19.3. The van der Waals surface area contributed by atoms with E-state index in [9.17, 15) is 9.59 Å². The highest BCUT2D eigenvalue weighted by Crippen LogP contribution is 2.30. The molecule has 2 aromatic carbocycles. The number of ether oxygens (including phenoxy) is 1. The summed E-state index contributed by atoms with van der Waals surface area (Å²) in [6.07, 6.45) is 0. The molecule has 2 rings (SSSR count). The van der Waals surface area contributed by atoms with Gasteiger partial charge in [-0.2, -0.15) is 0 Å². The van der Waals surface area contributed by atoms with E-state index in [1.54, 1.807) is 25.2 Å². The van der Waals surface area contributed by atoms with E-state index in [1.807, 2.05) is 30.3 Å². The molecule has 138 valence electrons. The van der Waals surface area contributed by atoms with Gasteiger partial charge in [0.25, 0.3) is 5.91 Å². The molecule has 0 unspecified atom stereocenters. The maximum absolute atomic E-state index is 12.2. The number of amides is 2. The quantitative estimate of drug-likeness (QED) is 0.883. The molecule has 26 heavy (non-hydrogen) atoms. The summed E-state index contributed by atoms with van der Waals surface area (Å²) >= 11 is 0. The van der Waals surface area contributed by atoms with Crippen molar-refractivity contribution in [3.63, 3.8) is 0 Å². The van der Waals surface area contributed by atoms with Crippen molar-refractivity contribution in [2.24, 2.45) is 0 Å². The second-order valence-corrected chi connectivity index (χ2v) is 7.21. The Hall–Kier alpha value is -2.82. The van der Waals surface area contributed by atoms with E-state index in [0.29, 0.717) is 17.1 Å². The number of nitrogens with one attached hydrogen (secondary N) is 1. The SMILES string of the molecule is CC(=O)N(C)c1cccc(NC(=O)COc2ccccc2C(C)(C)C)c1. The standard InChI is InChI=1S/C21H26N2O3/c1-15(24)23(5)17-10-8-9-16(13-17)22-20(25)14-26-19-12-7-6-11-18(19)21(2,3)4/h6-13H,14H2,1-5H3,(H,22,25). The van der Waals surface area contributed by atoms with E-state index in [-0.39, 0.29) is 23.8 Å². The van der Waals surface area contributed by atoms with E-state index in [4.69, 9.17) is 4.74 Å². The highest BCUT2D eigenvalue weighted by molar-refractivity contribution is 5.94. The van der Waals surface area contributed by atoms with Crippen LogP contribution in [0.5, 0.6) is 5.75 Å². The van der Waals surface area contributed by atoms with Crippen LogP contribution in [0, 0.1) is 0 Å². The van der Waals surface area contributed by atoms with E-state index >= 15 is 0 Å². The molecule has 0 saturated heterocycles. The average molecular weight is 354 g/mol. The molecule has 0 aliphatic carbocycles. The van der Waals surface area contributed by atoms with Crippen LogP contribution < -0.4 is 15.0 Å². The average Bonchev–Trinajstić information content (AvgIpc) is 2.59. The van der Waals surface area contributed by atoms with E-state index in [1.165, 1.54) is 11.8 Å². The third kappa shape index (κ3) is 5.09. The van der Waals surface area contributed by atoms with Crippen LogP contribution in [0.2, 0.25) is 0 Å². The number of hydrogen-bond acceptors (Lipinski definition) is 3. The molecule has 2 aromatic rings. The van der Waals surface area contributed by atoms with Gasteiger partial charge in [-0.15, -0.1) is 0 Å². The van der Waals surface area contributed by atoms with Crippen molar-refractivity contribution in [3.8, 4) is 5.75 Å². The van der Waals surface area contributed by atoms with Crippen molar-refractivity contribution in [2.75, 3.05) is 23.9 Å². The minimum absolute atomic E-state index is 0.0708. The summed E-state index contributed by atoms with van der Waals surface area (Å²) < 4.78 is 5.74. The third-order valence-corrected chi connectivity index (χ3v) is 4.04. The largest absolute Gasteiger partial charge is 0.483 e. The first-order valence-corrected chi connectivity index (χ1v) is 8.55. The molecule has 0 aliphatic heterocycles. The zero-order valence-electron chi connectivity index (χ0n) is 16.0. The molecule has 0 saturated carbocycles. The maximum atomic E-state index is 12.2. The van der Waals surface area contributed by atoms with Crippen molar-refractivity contribution < 1.29 is 14.3 Å². The topological polar surface area (TPSA) is 58.6 Å². The van der Waals surface area contributed by atoms with Crippen LogP contribution in [0.1, 0.15) is 33.3 Å². The number of hydrogen-bond donors (Lipinski definition) is 1. The first-order chi connectivity index (χ1) is 12.2. The molecule has 1 N–H and O–H groups in total. The molecule has 0 fully saturated rings. The number of carbonyl (C=O) groups excluding carboxylic acids is 2. The maximum Gasteiger partial charge on any atom is 0.262 e. The van der Waals surface area contributed by atoms with E-state index < -0.39 is 0 Å². The zero-order valence-corrected chi connectivity index (χ0v) is 16.0. The van der Waals surface area contributed by atoms with Crippen LogP contribution in [-0.2, 0) is 15.0 Å². The third-order valence-electron chi connectivity index (χ3n) is 4.04. The fourth-order valence-electron chi connectivity index (χ4n) is 2.53. The molecule has 0 spiro atoms. The predicted molar refractivity (Wildman–Crippen MR) is 105 cm³/mol. The fraction of sp³-hybridized carbons (Fsp3) is 0.333. The lowest BCUT2D eigenvalue weighted by Gasteiger charge is -2.22. The van der Waals surface area contributed by atoms with Crippen LogP contribution in [0.3, 0.4) is 0 Å². The lowest BCUT2D eigenvalue weighted by molar-refractivity contribution is -0.118. The van der Waals surface area contributed by atoms with Crippen LogP contribution in [0.25, 0.3) is 0 Å². The molecule has 0 aliphatic rings. The minimum atomic E-state index is -0.253. The second kappa shape index (κ2) is 8.04. The molecule has 0 aromatic heterocycles.